The second kappa shape index (κ2) is 9.72. The van der Waals surface area contributed by atoms with Gasteiger partial charge in [0.2, 0.25) is 0 Å². The van der Waals surface area contributed by atoms with Crippen LogP contribution in [0.25, 0.3) is 0 Å². The van der Waals surface area contributed by atoms with Crippen molar-refractivity contribution in [3.05, 3.63) is 64.2 Å². The van der Waals surface area contributed by atoms with E-state index >= 15 is 0 Å². The standard InChI is InChI=1S/C26H33ClO3/c1-17-14-25(28)18(2)26(29-17)20-10-13-24(27)21(16-20)15-19-8-11-23(12-9-19)30-22-6-4-3-5-7-22/h8-13,16-18,22,25-26,28H,3-7,14-15H2,1-2H3. The maximum Gasteiger partial charge on any atom is 0.119 e. The number of aliphatic hydroxyl groups is 1. The van der Waals surface area contributed by atoms with Gasteiger partial charge in [0.1, 0.15) is 5.75 Å². The average Bonchev–Trinajstić information content (AvgIpc) is 2.74. The quantitative estimate of drug-likeness (QED) is 0.591. The Balaban J connectivity index is 1.45. The summed E-state index contributed by atoms with van der Waals surface area (Å²) in [6, 6.07) is 14.5. The normalized spacial score (nSPS) is 27.7. The van der Waals surface area contributed by atoms with Crippen LogP contribution < -0.4 is 4.74 Å². The van der Waals surface area contributed by atoms with Crippen molar-refractivity contribution in [2.45, 2.75) is 83.2 Å². The topological polar surface area (TPSA) is 38.7 Å². The van der Waals surface area contributed by atoms with Gasteiger partial charge in [-0.2, -0.15) is 0 Å². The minimum absolute atomic E-state index is 0.0528. The molecule has 4 heteroatoms. The van der Waals surface area contributed by atoms with Crippen LogP contribution in [0.15, 0.2) is 42.5 Å². The summed E-state index contributed by atoms with van der Waals surface area (Å²) in [5.41, 5.74) is 3.37. The van der Waals surface area contributed by atoms with E-state index in [9.17, 15) is 5.11 Å². The Bertz CT molecular complexity index is 829. The number of halogens is 1. The molecular weight excluding hydrogens is 396 g/mol. The lowest BCUT2D eigenvalue weighted by molar-refractivity contribution is -0.126. The van der Waals surface area contributed by atoms with Gasteiger partial charge in [-0.05, 0) is 80.3 Å². The summed E-state index contributed by atoms with van der Waals surface area (Å²) in [7, 11) is 0. The summed E-state index contributed by atoms with van der Waals surface area (Å²) in [4.78, 5) is 0. The Hall–Kier alpha value is -1.55. The van der Waals surface area contributed by atoms with Gasteiger partial charge < -0.3 is 14.6 Å². The number of benzene rings is 2. The second-order valence-corrected chi connectivity index (χ2v) is 9.49. The van der Waals surface area contributed by atoms with Crippen LogP contribution in [0.5, 0.6) is 5.75 Å². The molecule has 0 aromatic heterocycles. The highest BCUT2D eigenvalue weighted by atomic mass is 35.5. The van der Waals surface area contributed by atoms with Crippen LogP contribution in [0.4, 0.5) is 0 Å². The first-order valence-corrected chi connectivity index (χ1v) is 11.7. The molecule has 162 valence electrons. The first kappa shape index (κ1) is 21.7. The molecule has 2 fully saturated rings. The molecule has 0 spiro atoms. The average molecular weight is 429 g/mol. The minimum Gasteiger partial charge on any atom is -0.490 e. The molecule has 2 aliphatic rings. The third-order valence-electron chi connectivity index (χ3n) is 6.61. The zero-order valence-corrected chi connectivity index (χ0v) is 18.8. The van der Waals surface area contributed by atoms with E-state index in [1.807, 2.05) is 19.1 Å². The number of hydrogen-bond donors (Lipinski definition) is 1. The first-order chi connectivity index (χ1) is 14.5. The van der Waals surface area contributed by atoms with E-state index in [2.05, 4.69) is 37.3 Å². The van der Waals surface area contributed by atoms with Gasteiger partial charge in [-0.3, -0.25) is 0 Å². The number of rotatable bonds is 5. The van der Waals surface area contributed by atoms with Gasteiger partial charge in [-0.15, -0.1) is 0 Å². The fourth-order valence-electron chi connectivity index (χ4n) is 4.76. The third-order valence-corrected chi connectivity index (χ3v) is 6.98. The lowest BCUT2D eigenvalue weighted by atomic mass is 9.86. The zero-order valence-electron chi connectivity index (χ0n) is 18.0. The lowest BCUT2D eigenvalue weighted by Gasteiger charge is -2.37. The number of hydrogen-bond acceptors (Lipinski definition) is 3. The highest BCUT2D eigenvalue weighted by Gasteiger charge is 2.34. The van der Waals surface area contributed by atoms with E-state index in [1.54, 1.807) is 0 Å². The summed E-state index contributed by atoms with van der Waals surface area (Å²) in [5.74, 6) is 1.02. The van der Waals surface area contributed by atoms with Crippen LogP contribution in [-0.4, -0.2) is 23.4 Å². The van der Waals surface area contributed by atoms with Gasteiger partial charge in [-0.1, -0.05) is 49.2 Å². The molecule has 1 aliphatic carbocycles. The van der Waals surface area contributed by atoms with E-state index in [4.69, 9.17) is 21.1 Å². The molecule has 2 aromatic rings. The summed E-state index contributed by atoms with van der Waals surface area (Å²) in [6.45, 7) is 4.08. The number of ether oxygens (including phenoxy) is 2. The van der Waals surface area contributed by atoms with Crippen molar-refractivity contribution in [2.24, 2.45) is 5.92 Å². The smallest absolute Gasteiger partial charge is 0.119 e. The zero-order chi connectivity index (χ0) is 21.1. The van der Waals surface area contributed by atoms with Crippen molar-refractivity contribution in [1.29, 1.82) is 0 Å². The van der Waals surface area contributed by atoms with Crippen LogP contribution in [0.2, 0.25) is 5.02 Å². The van der Waals surface area contributed by atoms with Crippen LogP contribution in [-0.2, 0) is 11.2 Å². The van der Waals surface area contributed by atoms with Gasteiger partial charge in [-0.25, -0.2) is 0 Å². The molecule has 0 radical (unpaired) electrons. The molecule has 1 saturated carbocycles. The maximum atomic E-state index is 10.4. The molecule has 4 atom stereocenters. The monoisotopic (exact) mass is 428 g/mol. The van der Waals surface area contributed by atoms with Crippen molar-refractivity contribution >= 4 is 11.6 Å². The highest BCUT2D eigenvalue weighted by molar-refractivity contribution is 6.31. The van der Waals surface area contributed by atoms with Crippen LogP contribution >= 0.6 is 11.6 Å². The van der Waals surface area contributed by atoms with Crippen LogP contribution in [0.1, 0.15) is 75.2 Å². The predicted octanol–water partition coefficient (Wildman–Crippen LogP) is 6.49. The van der Waals surface area contributed by atoms with Gasteiger partial charge in [0.05, 0.1) is 24.4 Å². The molecule has 1 N–H and O–H groups in total. The molecule has 1 saturated heterocycles. The molecule has 30 heavy (non-hydrogen) atoms. The molecule has 1 aliphatic heterocycles. The van der Waals surface area contributed by atoms with E-state index < -0.39 is 0 Å². The Morgan fingerprint density at radius 1 is 1.03 bits per heavy atom. The predicted molar refractivity (Wildman–Crippen MR) is 121 cm³/mol. The molecule has 4 unspecified atom stereocenters. The molecule has 4 rings (SSSR count). The first-order valence-electron chi connectivity index (χ1n) is 11.4. The van der Waals surface area contributed by atoms with Crippen molar-refractivity contribution in [1.82, 2.24) is 0 Å². The van der Waals surface area contributed by atoms with Gasteiger partial charge in [0, 0.05) is 10.9 Å². The third kappa shape index (κ3) is 5.19. The Kier molecular flexibility index (Phi) is 7.02. The number of aliphatic hydroxyl groups excluding tert-OH is 1. The van der Waals surface area contributed by atoms with E-state index in [1.165, 1.54) is 37.7 Å². The van der Waals surface area contributed by atoms with Crippen molar-refractivity contribution < 1.29 is 14.6 Å². The summed E-state index contributed by atoms with van der Waals surface area (Å²) >= 11 is 6.52. The summed E-state index contributed by atoms with van der Waals surface area (Å²) in [5, 5.41) is 11.1. The molecule has 0 amide bonds. The largest absolute Gasteiger partial charge is 0.490 e. The molecule has 2 aromatic carbocycles. The van der Waals surface area contributed by atoms with Gasteiger partial charge in [0.15, 0.2) is 0 Å². The van der Waals surface area contributed by atoms with Gasteiger partial charge in [0.25, 0.3) is 0 Å². The molecule has 1 heterocycles. The SMILES string of the molecule is CC1CC(O)C(C)C(c2ccc(Cl)c(Cc3ccc(OC4CCCCC4)cc3)c2)O1. The Morgan fingerprint density at radius 3 is 2.50 bits per heavy atom. The fourth-order valence-corrected chi connectivity index (χ4v) is 4.94. The summed E-state index contributed by atoms with van der Waals surface area (Å²) < 4.78 is 12.3. The molecular formula is C26H33ClO3. The van der Waals surface area contributed by atoms with Crippen molar-refractivity contribution in [2.75, 3.05) is 0 Å². The van der Waals surface area contributed by atoms with Crippen molar-refractivity contribution in [3.8, 4) is 5.75 Å². The highest BCUT2D eigenvalue weighted by Crippen LogP contribution is 2.37. The lowest BCUT2D eigenvalue weighted by Crippen LogP contribution is -2.36. The second-order valence-electron chi connectivity index (χ2n) is 9.08. The Morgan fingerprint density at radius 2 is 1.77 bits per heavy atom. The van der Waals surface area contributed by atoms with E-state index in [-0.39, 0.29) is 24.2 Å². The van der Waals surface area contributed by atoms with Crippen LogP contribution in [0.3, 0.4) is 0 Å². The maximum absolute atomic E-state index is 10.4. The van der Waals surface area contributed by atoms with E-state index in [0.29, 0.717) is 12.5 Å². The van der Waals surface area contributed by atoms with Gasteiger partial charge >= 0.3 is 0 Å². The minimum atomic E-state index is -0.338. The van der Waals surface area contributed by atoms with Crippen molar-refractivity contribution in [3.63, 3.8) is 0 Å². The summed E-state index contributed by atoms with van der Waals surface area (Å²) in [6.07, 6.45) is 7.64. The fraction of sp³-hybridized carbons (Fsp3) is 0.538. The Labute approximate surface area is 185 Å². The van der Waals surface area contributed by atoms with Crippen LogP contribution in [0, 0.1) is 5.92 Å². The molecule has 3 nitrogen and oxygen atoms in total. The molecule has 0 bridgehead atoms. The van der Waals surface area contributed by atoms with E-state index in [0.717, 1.165) is 28.3 Å².